The van der Waals surface area contributed by atoms with Crippen LogP contribution >= 0.6 is 0 Å². The molecule has 0 saturated carbocycles. The molecule has 0 radical (unpaired) electrons. The van der Waals surface area contributed by atoms with E-state index in [0.717, 1.165) is 5.56 Å². The largest absolute Gasteiger partial charge is 0.478 e. The smallest absolute Gasteiger partial charge is 0.335 e. The van der Waals surface area contributed by atoms with E-state index in [1.807, 2.05) is 18.2 Å². The maximum Gasteiger partial charge on any atom is 0.335 e. The van der Waals surface area contributed by atoms with Crippen LogP contribution < -0.4 is 10.6 Å². The molecule has 6 heteroatoms. The summed E-state index contributed by atoms with van der Waals surface area (Å²) in [5, 5.41) is 14.4. The zero-order valence-electron chi connectivity index (χ0n) is 15.3. The van der Waals surface area contributed by atoms with Gasteiger partial charge < -0.3 is 15.7 Å². The van der Waals surface area contributed by atoms with Crippen molar-refractivity contribution in [2.75, 3.05) is 5.32 Å². The van der Waals surface area contributed by atoms with Crippen LogP contribution in [0.5, 0.6) is 0 Å². The Labute approximate surface area is 167 Å². The second-order valence-corrected chi connectivity index (χ2v) is 6.13. The average Bonchev–Trinajstić information content (AvgIpc) is 2.74. The molecular weight excluding hydrogens is 368 g/mol. The molecule has 0 atom stereocenters. The van der Waals surface area contributed by atoms with E-state index in [4.69, 9.17) is 5.11 Å². The van der Waals surface area contributed by atoms with E-state index < -0.39 is 17.8 Å². The molecule has 0 bridgehead atoms. The number of amides is 2. The van der Waals surface area contributed by atoms with Gasteiger partial charge >= 0.3 is 5.97 Å². The number of aromatic carboxylic acids is 1. The van der Waals surface area contributed by atoms with Crippen molar-refractivity contribution in [3.63, 3.8) is 0 Å². The molecule has 3 aromatic rings. The molecule has 0 saturated heterocycles. The minimum Gasteiger partial charge on any atom is -0.478 e. The predicted molar refractivity (Wildman–Crippen MR) is 110 cm³/mol. The van der Waals surface area contributed by atoms with Gasteiger partial charge in [-0.2, -0.15) is 0 Å². The minimum absolute atomic E-state index is 0.0331. The van der Waals surface area contributed by atoms with E-state index in [2.05, 4.69) is 10.6 Å². The number of hydrogen-bond acceptors (Lipinski definition) is 3. The summed E-state index contributed by atoms with van der Waals surface area (Å²) in [6, 6.07) is 23.5. The summed E-state index contributed by atoms with van der Waals surface area (Å²) >= 11 is 0. The normalized spacial score (nSPS) is 10.8. The molecule has 0 aromatic heterocycles. The van der Waals surface area contributed by atoms with Gasteiger partial charge in [0.05, 0.1) is 5.56 Å². The number of carbonyl (C=O) groups excluding carboxylic acids is 2. The fraction of sp³-hybridized carbons (Fsp3) is 0. The zero-order chi connectivity index (χ0) is 20.6. The average molecular weight is 386 g/mol. The molecule has 3 N–H and O–H groups in total. The third-order valence-electron chi connectivity index (χ3n) is 4.01. The van der Waals surface area contributed by atoms with E-state index in [-0.39, 0.29) is 11.3 Å². The van der Waals surface area contributed by atoms with Crippen molar-refractivity contribution < 1.29 is 19.5 Å². The first-order valence-electron chi connectivity index (χ1n) is 8.81. The lowest BCUT2D eigenvalue weighted by Gasteiger charge is -2.12. The zero-order valence-corrected chi connectivity index (χ0v) is 15.3. The highest BCUT2D eigenvalue weighted by atomic mass is 16.4. The summed E-state index contributed by atoms with van der Waals surface area (Å²) in [5.74, 6) is -2.10. The van der Waals surface area contributed by atoms with Crippen molar-refractivity contribution >= 4 is 29.5 Å². The number of rotatable bonds is 6. The van der Waals surface area contributed by atoms with E-state index in [0.29, 0.717) is 11.3 Å². The third kappa shape index (κ3) is 5.40. The maximum atomic E-state index is 12.8. The SMILES string of the molecule is O=C(Nc1cccc(C(=O)O)c1)/C(=C/c1ccccc1)NC(=O)c1ccccc1. The molecule has 0 aliphatic rings. The lowest BCUT2D eigenvalue weighted by Crippen LogP contribution is -2.30. The van der Waals surface area contributed by atoms with Crippen LogP contribution in [0.25, 0.3) is 6.08 Å². The molecule has 144 valence electrons. The molecule has 0 spiro atoms. The molecule has 3 aromatic carbocycles. The summed E-state index contributed by atoms with van der Waals surface area (Å²) < 4.78 is 0. The summed E-state index contributed by atoms with van der Waals surface area (Å²) in [6.07, 6.45) is 1.55. The highest BCUT2D eigenvalue weighted by Gasteiger charge is 2.15. The van der Waals surface area contributed by atoms with Gasteiger partial charge in [-0.3, -0.25) is 9.59 Å². The second kappa shape index (κ2) is 9.14. The van der Waals surface area contributed by atoms with Crippen LogP contribution in [0.3, 0.4) is 0 Å². The lowest BCUT2D eigenvalue weighted by atomic mass is 10.1. The molecule has 0 unspecified atom stereocenters. The summed E-state index contributed by atoms with van der Waals surface area (Å²) in [7, 11) is 0. The molecule has 0 aliphatic carbocycles. The highest BCUT2D eigenvalue weighted by Crippen LogP contribution is 2.13. The Morgan fingerprint density at radius 1 is 0.759 bits per heavy atom. The number of carbonyl (C=O) groups is 3. The van der Waals surface area contributed by atoms with Gasteiger partial charge in [-0.15, -0.1) is 0 Å². The first kappa shape index (κ1) is 19.6. The standard InChI is InChI=1S/C23H18N2O4/c26-21(17-10-5-2-6-11-17)25-20(14-16-8-3-1-4-9-16)22(27)24-19-13-7-12-18(15-19)23(28)29/h1-15H,(H,24,27)(H,25,26)(H,28,29)/b20-14-. The Balaban J connectivity index is 1.87. The molecule has 3 rings (SSSR count). The molecular formula is C23H18N2O4. The molecule has 0 heterocycles. The van der Waals surface area contributed by atoms with Crippen LogP contribution in [0.2, 0.25) is 0 Å². The van der Waals surface area contributed by atoms with Crippen LogP contribution in [0.4, 0.5) is 5.69 Å². The van der Waals surface area contributed by atoms with E-state index in [9.17, 15) is 14.4 Å². The minimum atomic E-state index is -1.10. The van der Waals surface area contributed by atoms with Gasteiger partial charge in [0, 0.05) is 11.3 Å². The topological polar surface area (TPSA) is 95.5 Å². The van der Waals surface area contributed by atoms with E-state index in [1.165, 1.54) is 18.2 Å². The number of nitrogens with one attached hydrogen (secondary N) is 2. The monoisotopic (exact) mass is 386 g/mol. The molecule has 2 amide bonds. The summed E-state index contributed by atoms with van der Waals surface area (Å²) in [5.41, 5.74) is 1.52. The van der Waals surface area contributed by atoms with Gasteiger partial charge in [-0.25, -0.2) is 4.79 Å². The van der Waals surface area contributed by atoms with Crippen LogP contribution in [0.15, 0.2) is 90.6 Å². The van der Waals surface area contributed by atoms with Crippen LogP contribution in [0, 0.1) is 0 Å². The van der Waals surface area contributed by atoms with Crippen molar-refractivity contribution in [3.05, 3.63) is 107 Å². The molecule has 0 aliphatic heterocycles. The Bertz CT molecular complexity index is 1060. The quantitative estimate of drug-likeness (QED) is 0.562. The summed E-state index contributed by atoms with van der Waals surface area (Å²) in [4.78, 5) is 36.5. The third-order valence-corrected chi connectivity index (χ3v) is 4.01. The Morgan fingerprint density at radius 2 is 1.38 bits per heavy atom. The van der Waals surface area contributed by atoms with E-state index >= 15 is 0 Å². The van der Waals surface area contributed by atoms with Gasteiger partial charge in [0.25, 0.3) is 11.8 Å². The highest BCUT2D eigenvalue weighted by molar-refractivity contribution is 6.10. The van der Waals surface area contributed by atoms with Gasteiger partial charge in [0.15, 0.2) is 0 Å². The van der Waals surface area contributed by atoms with Crippen molar-refractivity contribution in [1.29, 1.82) is 0 Å². The number of carboxylic acids is 1. The van der Waals surface area contributed by atoms with E-state index in [1.54, 1.807) is 54.6 Å². The van der Waals surface area contributed by atoms with Crippen LogP contribution in [0.1, 0.15) is 26.3 Å². The number of carboxylic acid groups (broad SMARTS) is 1. The van der Waals surface area contributed by atoms with Crippen LogP contribution in [-0.2, 0) is 4.79 Å². The first-order chi connectivity index (χ1) is 14.0. The number of hydrogen-bond donors (Lipinski definition) is 3. The fourth-order valence-corrected chi connectivity index (χ4v) is 2.59. The molecule has 6 nitrogen and oxygen atoms in total. The van der Waals surface area contributed by atoms with Crippen LogP contribution in [-0.4, -0.2) is 22.9 Å². The number of benzene rings is 3. The Morgan fingerprint density at radius 3 is 2.03 bits per heavy atom. The maximum absolute atomic E-state index is 12.8. The van der Waals surface area contributed by atoms with Gasteiger partial charge in [-0.05, 0) is 42.0 Å². The van der Waals surface area contributed by atoms with Gasteiger partial charge in [-0.1, -0.05) is 54.6 Å². The predicted octanol–water partition coefficient (Wildman–Crippen LogP) is 3.79. The Kier molecular flexibility index (Phi) is 6.17. The van der Waals surface area contributed by atoms with Crippen molar-refractivity contribution in [2.24, 2.45) is 0 Å². The first-order valence-corrected chi connectivity index (χ1v) is 8.81. The van der Waals surface area contributed by atoms with Gasteiger partial charge in [0.2, 0.25) is 0 Å². The van der Waals surface area contributed by atoms with Crippen molar-refractivity contribution in [2.45, 2.75) is 0 Å². The van der Waals surface area contributed by atoms with Crippen molar-refractivity contribution in [3.8, 4) is 0 Å². The molecule has 0 fully saturated rings. The number of anilines is 1. The van der Waals surface area contributed by atoms with Gasteiger partial charge in [0.1, 0.15) is 5.70 Å². The summed E-state index contributed by atoms with van der Waals surface area (Å²) in [6.45, 7) is 0. The fourth-order valence-electron chi connectivity index (χ4n) is 2.59. The second-order valence-electron chi connectivity index (χ2n) is 6.13. The lowest BCUT2D eigenvalue weighted by molar-refractivity contribution is -0.113. The van der Waals surface area contributed by atoms with Crippen molar-refractivity contribution in [1.82, 2.24) is 5.32 Å². The molecule has 29 heavy (non-hydrogen) atoms. The Hall–Kier alpha value is -4.19.